The zero-order chi connectivity index (χ0) is 10.8. The van der Waals surface area contributed by atoms with E-state index < -0.39 is 11.5 Å². The van der Waals surface area contributed by atoms with Crippen LogP contribution in [0.5, 0.6) is 0 Å². The molecule has 0 saturated carbocycles. The first-order valence-electron chi connectivity index (χ1n) is 4.21. The van der Waals surface area contributed by atoms with Crippen LogP contribution in [0.3, 0.4) is 0 Å². The summed E-state index contributed by atoms with van der Waals surface area (Å²) < 4.78 is 0. The summed E-state index contributed by atoms with van der Waals surface area (Å²) in [5.74, 6) is -1.09. The molecule has 0 bridgehead atoms. The van der Waals surface area contributed by atoms with E-state index in [1.165, 1.54) is 6.92 Å². The summed E-state index contributed by atoms with van der Waals surface area (Å²) in [7, 11) is 0. The van der Waals surface area contributed by atoms with Gasteiger partial charge in [0.2, 0.25) is 0 Å². The molecule has 1 atom stereocenters. The van der Waals surface area contributed by atoms with E-state index in [0.717, 1.165) is 0 Å². The summed E-state index contributed by atoms with van der Waals surface area (Å²) in [5, 5.41) is 17.7. The molecule has 4 heteroatoms. The average Bonchev–Trinajstić information content (AvgIpc) is 2.17. The minimum Gasteiger partial charge on any atom is -0.480 e. The molecule has 0 spiro atoms. The molecule has 0 unspecified atom stereocenters. The Bertz CT molecular complexity index is 347. The molecule has 4 N–H and O–H groups in total. The van der Waals surface area contributed by atoms with Crippen molar-refractivity contribution >= 4 is 5.97 Å². The number of carboxylic acid groups (broad SMARTS) is 1. The third-order valence-electron chi connectivity index (χ3n) is 2.15. The van der Waals surface area contributed by atoms with Crippen molar-refractivity contribution in [1.29, 1.82) is 0 Å². The number of benzene rings is 1. The lowest BCUT2D eigenvalue weighted by atomic mass is 9.92. The topological polar surface area (TPSA) is 83.6 Å². The first kappa shape index (κ1) is 10.7. The molecule has 1 rings (SSSR count). The number of hydrogen-bond donors (Lipinski definition) is 3. The van der Waals surface area contributed by atoms with Crippen LogP contribution in [0.4, 0.5) is 0 Å². The van der Waals surface area contributed by atoms with Crippen molar-refractivity contribution in [1.82, 2.24) is 0 Å². The van der Waals surface area contributed by atoms with E-state index in [4.69, 9.17) is 15.9 Å². The first-order valence-corrected chi connectivity index (χ1v) is 4.21. The number of aliphatic carboxylic acids is 1. The van der Waals surface area contributed by atoms with E-state index in [-0.39, 0.29) is 6.61 Å². The number of aliphatic hydroxyl groups excluding tert-OH is 1. The number of rotatable bonds is 3. The number of hydrogen-bond acceptors (Lipinski definition) is 3. The maximum atomic E-state index is 10.8. The van der Waals surface area contributed by atoms with Crippen LogP contribution in [0.2, 0.25) is 0 Å². The molecule has 1 aromatic rings. The Morgan fingerprint density at radius 3 is 2.71 bits per heavy atom. The molecule has 0 aromatic heterocycles. The Morgan fingerprint density at radius 1 is 1.57 bits per heavy atom. The Morgan fingerprint density at radius 2 is 2.21 bits per heavy atom. The predicted molar refractivity (Wildman–Crippen MR) is 51.5 cm³/mol. The molecule has 0 radical (unpaired) electrons. The summed E-state index contributed by atoms with van der Waals surface area (Å²) in [5.41, 5.74) is 5.35. The fraction of sp³-hybridized carbons (Fsp3) is 0.300. The monoisotopic (exact) mass is 195 g/mol. The second-order valence-corrected chi connectivity index (χ2v) is 3.37. The standard InChI is InChI=1S/C10H13NO3/c1-10(11,9(13)14)8-4-2-3-7(5-8)6-12/h2-5,12H,6,11H2,1H3,(H,13,14)/t10-/m0/s1. The molecule has 0 aliphatic rings. The fourth-order valence-electron chi connectivity index (χ4n) is 1.12. The van der Waals surface area contributed by atoms with Crippen LogP contribution in [0.1, 0.15) is 18.1 Å². The van der Waals surface area contributed by atoms with Crippen LogP contribution in [0.15, 0.2) is 24.3 Å². The highest BCUT2D eigenvalue weighted by Gasteiger charge is 2.30. The van der Waals surface area contributed by atoms with Gasteiger partial charge in [-0.05, 0) is 18.1 Å². The highest BCUT2D eigenvalue weighted by Crippen LogP contribution is 2.19. The van der Waals surface area contributed by atoms with Crippen molar-refractivity contribution in [3.05, 3.63) is 35.4 Å². The van der Waals surface area contributed by atoms with Gasteiger partial charge in [0, 0.05) is 0 Å². The van der Waals surface area contributed by atoms with Gasteiger partial charge in [0.15, 0.2) is 0 Å². The molecule has 0 aliphatic heterocycles. The highest BCUT2D eigenvalue weighted by molar-refractivity contribution is 5.79. The SMILES string of the molecule is C[C@@](N)(C(=O)O)c1cccc(CO)c1. The van der Waals surface area contributed by atoms with Crippen molar-refractivity contribution in [3.8, 4) is 0 Å². The predicted octanol–water partition coefficient (Wildman–Crippen LogP) is 0.437. The van der Waals surface area contributed by atoms with E-state index in [2.05, 4.69) is 0 Å². The van der Waals surface area contributed by atoms with Crippen molar-refractivity contribution in [3.63, 3.8) is 0 Å². The summed E-state index contributed by atoms with van der Waals surface area (Å²) in [6.45, 7) is 1.30. The van der Waals surface area contributed by atoms with Crippen molar-refractivity contribution < 1.29 is 15.0 Å². The lowest BCUT2D eigenvalue weighted by Gasteiger charge is -2.20. The second-order valence-electron chi connectivity index (χ2n) is 3.37. The van der Waals surface area contributed by atoms with Crippen LogP contribution in [0, 0.1) is 0 Å². The quantitative estimate of drug-likeness (QED) is 0.653. The van der Waals surface area contributed by atoms with Crippen LogP contribution in [0.25, 0.3) is 0 Å². The van der Waals surface area contributed by atoms with Gasteiger partial charge in [-0.2, -0.15) is 0 Å². The minimum absolute atomic E-state index is 0.121. The number of carboxylic acids is 1. The molecule has 0 saturated heterocycles. The maximum Gasteiger partial charge on any atom is 0.328 e. The lowest BCUT2D eigenvalue weighted by molar-refractivity contribution is -0.143. The summed E-state index contributed by atoms with van der Waals surface area (Å²) in [4.78, 5) is 10.8. The number of carbonyl (C=O) groups is 1. The molecule has 14 heavy (non-hydrogen) atoms. The van der Waals surface area contributed by atoms with Gasteiger partial charge in [0.25, 0.3) is 0 Å². The third kappa shape index (κ3) is 1.92. The largest absolute Gasteiger partial charge is 0.480 e. The van der Waals surface area contributed by atoms with Gasteiger partial charge in [-0.15, -0.1) is 0 Å². The van der Waals surface area contributed by atoms with Gasteiger partial charge in [-0.25, -0.2) is 4.79 Å². The smallest absolute Gasteiger partial charge is 0.328 e. The van der Waals surface area contributed by atoms with E-state index in [0.29, 0.717) is 11.1 Å². The Labute approximate surface area is 82.0 Å². The van der Waals surface area contributed by atoms with E-state index in [1.54, 1.807) is 24.3 Å². The lowest BCUT2D eigenvalue weighted by Crippen LogP contribution is -2.41. The van der Waals surface area contributed by atoms with Gasteiger partial charge in [-0.1, -0.05) is 24.3 Å². The van der Waals surface area contributed by atoms with E-state index in [1.807, 2.05) is 0 Å². The zero-order valence-corrected chi connectivity index (χ0v) is 7.90. The minimum atomic E-state index is -1.41. The first-order chi connectivity index (χ1) is 6.48. The van der Waals surface area contributed by atoms with Crippen molar-refractivity contribution in [2.45, 2.75) is 19.1 Å². The van der Waals surface area contributed by atoms with Crippen LogP contribution in [-0.4, -0.2) is 16.2 Å². The number of aliphatic hydroxyl groups is 1. The molecule has 76 valence electrons. The van der Waals surface area contributed by atoms with Gasteiger partial charge in [0.05, 0.1) is 6.61 Å². The Kier molecular flexibility index (Phi) is 2.88. The van der Waals surface area contributed by atoms with Gasteiger partial charge in [0.1, 0.15) is 5.54 Å². The van der Waals surface area contributed by atoms with E-state index >= 15 is 0 Å². The third-order valence-corrected chi connectivity index (χ3v) is 2.15. The van der Waals surface area contributed by atoms with Gasteiger partial charge in [-0.3, -0.25) is 0 Å². The summed E-state index contributed by atoms with van der Waals surface area (Å²) in [6, 6.07) is 6.61. The molecule has 0 fully saturated rings. The molecular weight excluding hydrogens is 182 g/mol. The normalized spacial score (nSPS) is 14.8. The molecular formula is C10H13NO3. The van der Waals surface area contributed by atoms with Crippen LogP contribution >= 0.6 is 0 Å². The van der Waals surface area contributed by atoms with Gasteiger partial charge < -0.3 is 15.9 Å². The summed E-state index contributed by atoms with van der Waals surface area (Å²) in [6.07, 6.45) is 0. The zero-order valence-electron chi connectivity index (χ0n) is 7.90. The van der Waals surface area contributed by atoms with E-state index in [9.17, 15) is 4.79 Å². The average molecular weight is 195 g/mol. The van der Waals surface area contributed by atoms with Gasteiger partial charge >= 0.3 is 5.97 Å². The molecule has 4 nitrogen and oxygen atoms in total. The number of nitrogens with two attached hydrogens (primary N) is 1. The molecule has 0 aliphatic carbocycles. The van der Waals surface area contributed by atoms with Crippen molar-refractivity contribution in [2.75, 3.05) is 0 Å². The summed E-state index contributed by atoms with van der Waals surface area (Å²) >= 11 is 0. The fourth-order valence-corrected chi connectivity index (χ4v) is 1.12. The van der Waals surface area contributed by atoms with Crippen LogP contribution in [-0.2, 0) is 16.9 Å². The Balaban J connectivity index is 3.12. The highest BCUT2D eigenvalue weighted by atomic mass is 16.4. The molecule has 0 amide bonds. The maximum absolute atomic E-state index is 10.8. The van der Waals surface area contributed by atoms with Crippen molar-refractivity contribution in [2.24, 2.45) is 5.73 Å². The molecule has 0 heterocycles. The second kappa shape index (κ2) is 3.77. The van der Waals surface area contributed by atoms with Crippen LogP contribution < -0.4 is 5.73 Å². The molecule has 1 aromatic carbocycles. The Hall–Kier alpha value is -1.39.